The van der Waals surface area contributed by atoms with Gasteiger partial charge in [0.2, 0.25) is 0 Å². The molecule has 1 aliphatic heterocycles. The number of hydrogen-bond acceptors (Lipinski definition) is 2. The lowest BCUT2D eigenvalue weighted by molar-refractivity contribution is 0.664. The Balaban J connectivity index is 1.55. The van der Waals surface area contributed by atoms with Crippen molar-refractivity contribution in [3.63, 3.8) is 0 Å². The van der Waals surface area contributed by atoms with Crippen molar-refractivity contribution >= 4 is 28.7 Å². The highest BCUT2D eigenvalue weighted by Crippen LogP contribution is 2.26. The summed E-state index contributed by atoms with van der Waals surface area (Å²) < 4.78 is 0. The Hall–Kier alpha value is -2.98. The van der Waals surface area contributed by atoms with Crippen molar-refractivity contribution in [3.8, 4) is 11.1 Å². The van der Waals surface area contributed by atoms with E-state index in [1.165, 1.54) is 22.4 Å². The Morgan fingerprint density at radius 2 is 1.43 bits per heavy atom. The fraction of sp³-hybridized carbons (Fsp3) is 0.167. The fourth-order valence-corrected chi connectivity index (χ4v) is 3.72. The molecule has 0 saturated heterocycles. The number of anilines is 1. The maximum absolute atomic E-state index is 5.42. The summed E-state index contributed by atoms with van der Waals surface area (Å²) in [6.45, 7) is 0. The van der Waals surface area contributed by atoms with Crippen LogP contribution in [0.15, 0.2) is 83.9 Å². The smallest absolute Gasteiger partial charge is 0.193 e. The van der Waals surface area contributed by atoms with Crippen LogP contribution < -0.4 is 10.2 Å². The first-order valence-electron chi connectivity index (χ1n) is 9.41. The minimum absolute atomic E-state index is 0.144. The average Bonchev–Trinajstić information content (AvgIpc) is 2.74. The van der Waals surface area contributed by atoms with Gasteiger partial charge in [-0.3, -0.25) is 0 Å². The lowest BCUT2D eigenvalue weighted by Gasteiger charge is -2.26. The Morgan fingerprint density at radius 1 is 0.821 bits per heavy atom. The largest absolute Gasteiger partial charge is 0.378 e. The molecular weight excluding hydrogens is 362 g/mol. The van der Waals surface area contributed by atoms with Crippen LogP contribution in [0, 0.1) is 0 Å². The van der Waals surface area contributed by atoms with Crippen molar-refractivity contribution in [2.24, 2.45) is 4.99 Å². The molecule has 0 spiro atoms. The number of benzene rings is 3. The summed E-state index contributed by atoms with van der Waals surface area (Å²) >= 11 is 5.42. The molecule has 0 aliphatic carbocycles. The molecule has 28 heavy (non-hydrogen) atoms. The number of rotatable bonds is 4. The zero-order chi connectivity index (χ0) is 19.5. The van der Waals surface area contributed by atoms with Gasteiger partial charge in [0, 0.05) is 26.2 Å². The molecule has 3 aromatic rings. The molecule has 1 atom stereocenters. The van der Waals surface area contributed by atoms with Gasteiger partial charge in [-0.1, -0.05) is 66.7 Å². The Morgan fingerprint density at radius 3 is 2.07 bits per heavy atom. The zero-order valence-corrected chi connectivity index (χ0v) is 16.9. The van der Waals surface area contributed by atoms with E-state index in [0.29, 0.717) is 5.11 Å². The molecule has 1 N–H and O–H groups in total. The highest BCUT2D eigenvalue weighted by atomic mass is 32.1. The SMILES string of the molecule is CN(C)c1ccc(C2CC(c3ccc(-c4ccccc4)cc3)=NC(=S)N2)cc1. The van der Waals surface area contributed by atoms with Gasteiger partial charge in [-0.05, 0) is 46.6 Å². The highest BCUT2D eigenvalue weighted by molar-refractivity contribution is 7.80. The molecule has 3 nitrogen and oxygen atoms in total. The van der Waals surface area contributed by atoms with Gasteiger partial charge in [0.25, 0.3) is 0 Å². The molecule has 4 rings (SSSR count). The van der Waals surface area contributed by atoms with E-state index in [-0.39, 0.29) is 6.04 Å². The third-order valence-corrected chi connectivity index (χ3v) is 5.28. The number of aliphatic imine (C=N–C) groups is 1. The van der Waals surface area contributed by atoms with E-state index in [4.69, 9.17) is 12.2 Å². The van der Waals surface area contributed by atoms with Crippen molar-refractivity contribution in [1.82, 2.24) is 5.32 Å². The predicted molar refractivity (Wildman–Crippen MR) is 122 cm³/mol. The zero-order valence-electron chi connectivity index (χ0n) is 16.1. The molecule has 140 valence electrons. The predicted octanol–water partition coefficient (Wildman–Crippen LogP) is 5.23. The lowest BCUT2D eigenvalue weighted by atomic mass is 9.94. The summed E-state index contributed by atoms with van der Waals surface area (Å²) in [5.41, 5.74) is 6.99. The maximum Gasteiger partial charge on any atom is 0.193 e. The number of nitrogens with one attached hydrogen (secondary N) is 1. The molecule has 0 fully saturated rings. The summed E-state index contributed by atoms with van der Waals surface area (Å²) in [7, 11) is 4.10. The normalized spacial score (nSPS) is 16.3. The molecule has 1 aliphatic rings. The van der Waals surface area contributed by atoms with Crippen LogP contribution in [0.3, 0.4) is 0 Å². The molecule has 0 bridgehead atoms. The minimum Gasteiger partial charge on any atom is -0.378 e. The van der Waals surface area contributed by atoms with Crippen LogP contribution in [-0.4, -0.2) is 24.9 Å². The summed E-state index contributed by atoms with van der Waals surface area (Å²) in [5, 5.41) is 3.90. The number of thiocarbonyl (C=S) groups is 1. The van der Waals surface area contributed by atoms with E-state index in [1.807, 2.05) is 20.2 Å². The molecule has 1 heterocycles. The van der Waals surface area contributed by atoms with Crippen LogP contribution in [0.4, 0.5) is 5.69 Å². The van der Waals surface area contributed by atoms with Gasteiger partial charge in [0.05, 0.1) is 11.8 Å². The molecule has 0 radical (unpaired) electrons. The van der Waals surface area contributed by atoms with E-state index in [0.717, 1.165) is 17.7 Å². The Bertz CT molecular complexity index is 990. The highest BCUT2D eigenvalue weighted by Gasteiger charge is 2.21. The second-order valence-electron chi connectivity index (χ2n) is 7.19. The van der Waals surface area contributed by atoms with Crippen LogP contribution in [-0.2, 0) is 0 Å². The standard InChI is InChI=1S/C24H23N3S/c1-27(2)21-14-12-20(13-15-21)23-16-22(25-24(28)26-23)19-10-8-18(9-11-19)17-6-4-3-5-7-17/h3-15,23H,16H2,1-2H3,(H,26,28). The summed E-state index contributed by atoms with van der Waals surface area (Å²) in [6, 6.07) is 27.7. The monoisotopic (exact) mass is 385 g/mol. The van der Waals surface area contributed by atoms with Crippen molar-refractivity contribution < 1.29 is 0 Å². The van der Waals surface area contributed by atoms with Crippen LogP contribution >= 0.6 is 12.2 Å². The van der Waals surface area contributed by atoms with Crippen molar-refractivity contribution in [2.75, 3.05) is 19.0 Å². The average molecular weight is 386 g/mol. The summed E-state index contributed by atoms with van der Waals surface area (Å²) in [4.78, 5) is 6.71. The van der Waals surface area contributed by atoms with Crippen molar-refractivity contribution in [1.29, 1.82) is 0 Å². The molecule has 0 aromatic heterocycles. The van der Waals surface area contributed by atoms with Crippen molar-refractivity contribution in [3.05, 3.63) is 90.0 Å². The first-order chi connectivity index (χ1) is 13.6. The quantitative estimate of drug-likeness (QED) is 0.623. The molecular formula is C24H23N3S. The van der Waals surface area contributed by atoms with E-state index < -0.39 is 0 Å². The van der Waals surface area contributed by atoms with E-state index >= 15 is 0 Å². The molecule has 1 unspecified atom stereocenters. The Kier molecular flexibility index (Phi) is 5.22. The van der Waals surface area contributed by atoms with Crippen molar-refractivity contribution in [2.45, 2.75) is 12.5 Å². The third-order valence-electron chi connectivity index (χ3n) is 5.07. The first-order valence-corrected chi connectivity index (χ1v) is 9.82. The Labute approximate surface area is 171 Å². The molecule has 0 amide bonds. The number of nitrogens with zero attached hydrogens (tertiary/aromatic N) is 2. The van der Waals surface area contributed by atoms with Gasteiger partial charge >= 0.3 is 0 Å². The van der Waals surface area contributed by atoms with Crippen LogP contribution in [0.1, 0.15) is 23.6 Å². The van der Waals surface area contributed by atoms with Gasteiger partial charge in [-0.25, -0.2) is 4.99 Å². The van der Waals surface area contributed by atoms with Gasteiger partial charge in [0.1, 0.15) is 0 Å². The van der Waals surface area contributed by atoms with Gasteiger partial charge in [0.15, 0.2) is 5.11 Å². The van der Waals surface area contributed by atoms with Crippen LogP contribution in [0.25, 0.3) is 11.1 Å². The fourth-order valence-electron chi connectivity index (χ4n) is 3.47. The van der Waals surface area contributed by atoms with Gasteiger partial charge in [-0.15, -0.1) is 0 Å². The first kappa shape index (κ1) is 18.4. The minimum atomic E-state index is 0.144. The second kappa shape index (κ2) is 7.95. The van der Waals surface area contributed by atoms with E-state index in [1.54, 1.807) is 0 Å². The molecule has 4 heteroatoms. The second-order valence-corrected chi connectivity index (χ2v) is 7.58. The molecule has 3 aromatic carbocycles. The molecule has 0 saturated carbocycles. The maximum atomic E-state index is 5.42. The summed E-state index contributed by atoms with van der Waals surface area (Å²) in [6.07, 6.45) is 0.812. The third kappa shape index (κ3) is 3.97. The van der Waals surface area contributed by atoms with E-state index in [2.05, 4.69) is 88.0 Å². The van der Waals surface area contributed by atoms with Gasteiger partial charge in [-0.2, -0.15) is 0 Å². The van der Waals surface area contributed by atoms with Crippen LogP contribution in [0.2, 0.25) is 0 Å². The topological polar surface area (TPSA) is 27.6 Å². The number of hydrogen-bond donors (Lipinski definition) is 1. The van der Waals surface area contributed by atoms with Crippen LogP contribution in [0.5, 0.6) is 0 Å². The van der Waals surface area contributed by atoms with E-state index in [9.17, 15) is 0 Å². The van der Waals surface area contributed by atoms with Gasteiger partial charge < -0.3 is 10.2 Å². The lowest BCUT2D eigenvalue weighted by Crippen LogP contribution is -2.33. The summed E-state index contributed by atoms with van der Waals surface area (Å²) in [5.74, 6) is 0.